The molecule has 2 fully saturated rings. The molecule has 2 nitrogen and oxygen atoms in total. The van der Waals surface area contributed by atoms with E-state index in [2.05, 4.69) is 237 Å². The van der Waals surface area contributed by atoms with Gasteiger partial charge in [-0.2, -0.15) is 0 Å². The van der Waals surface area contributed by atoms with Crippen molar-refractivity contribution in [2.45, 2.75) is 144 Å². The van der Waals surface area contributed by atoms with Crippen LogP contribution in [-0.4, -0.2) is 0 Å². The lowest BCUT2D eigenvalue weighted by Gasteiger charge is -2.33. The Balaban J connectivity index is 1.17. The second-order valence-corrected chi connectivity index (χ2v) is 23.7. The third-order valence-electron chi connectivity index (χ3n) is 18.0. The minimum atomic E-state index is 0.284. The highest BCUT2D eigenvalue weighted by atomic mass is 15.2. The van der Waals surface area contributed by atoms with Gasteiger partial charge < -0.3 is 9.80 Å². The monoisotopic (exact) mass is 993 g/mol. The lowest BCUT2D eigenvalue weighted by molar-refractivity contribution is 0.723. The summed E-state index contributed by atoms with van der Waals surface area (Å²) in [5, 5.41) is 8.00. The van der Waals surface area contributed by atoms with Crippen molar-refractivity contribution in [2.75, 3.05) is 9.80 Å². The van der Waals surface area contributed by atoms with E-state index in [9.17, 15) is 0 Å². The van der Waals surface area contributed by atoms with E-state index in [1.165, 1.54) is 196 Å². The van der Waals surface area contributed by atoms with E-state index in [-0.39, 0.29) is 11.8 Å². The van der Waals surface area contributed by atoms with Crippen molar-refractivity contribution in [3.63, 3.8) is 0 Å². The largest absolute Gasteiger partial charge is 0.310 e. The highest BCUT2D eigenvalue weighted by Crippen LogP contribution is 2.53. The molecule has 12 rings (SSSR count). The zero-order chi connectivity index (χ0) is 52.5. The van der Waals surface area contributed by atoms with Gasteiger partial charge >= 0.3 is 0 Å². The Bertz CT molecular complexity index is 3530. The zero-order valence-electron chi connectivity index (χ0n) is 46.9. The zero-order valence-corrected chi connectivity index (χ0v) is 46.9. The van der Waals surface area contributed by atoms with Crippen LogP contribution in [0, 0.1) is 41.5 Å². The quantitative estimate of drug-likeness (QED) is 0.113. The average Bonchev–Trinajstić information content (AvgIpc) is 4.20. The van der Waals surface area contributed by atoms with Crippen molar-refractivity contribution in [3.8, 4) is 22.3 Å². The summed E-state index contributed by atoms with van der Waals surface area (Å²) in [6.07, 6.45) is 10.3. The number of aryl methyl sites for hydroxylation is 6. The van der Waals surface area contributed by atoms with E-state index >= 15 is 0 Å². The molecular weight excluding hydrogens is 917 g/mol. The summed E-state index contributed by atoms with van der Waals surface area (Å²) in [4.78, 5) is 5.30. The van der Waals surface area contributed by atoms with Gasteiger partial charge in [0.1, 0.15) is 0 Å². The third kappa shape index (κ3) is 8.67. The van der Waals surface area contributed by atoms with Crippen LogP contribution in [0.25, 0.3) is 54.6 Å². The van der Waals surface area contributed by atoms with Crippen LogP contribution in [-0.2, 0) is 0 Å². The molecule has 0 amide bonds. The van der Waals surface area contributed by atoms with E-state index in [4.69, 9.17) is 0 Å². The van der Waals surface area contributed by atoms with Gasteiger partial charge in [0.25, 0.3) is 0 Å². The molecule has 0 heterocycles. The Morgan fingerprint density at radius 2 is 0.697 bits per heavy atom. The summed E-state index contributed by atoms with van der Waals surface area (Å²) in [6, 6.07) is 62.1. The van der Waals surface area contributed by atoms with Gasteiger partial charge in [0, 0.05) is 33.5 Å². The lowest BCUT2D eigenvalue weighted by atomic mass is 9.83. The molecular formula is C74H76N2. The van der Waals surface area contributed by atoms with Gasteiger partial charge in [0.15, 0.2) is 0 Å². The van der Waals surface area contributed by atoms with Gasteiger partial charge in [0.05, 0.1) is 11.4 Å². The minimum absolute atomic E-state index is 0.284. The molecule has 0 spiro atoms. The summed E-state index contributed by atoms with van der Waals surface area (Å²) in [7, 11) is 0. The van der Waals surface area contributed by atoms with Gasteiger partial charge in [0.2, 0.25) is 0 Å². The first-order valence-corrected chi connectivity index (χ1v) is 28.8. The standard InChI is InChI=1S/C74H76N2/c1-45(2)65-43-69(75(59-29-17-27-55(39-59)53-23-11-12-24-53)67-41-57(33-31-47(67)5)71-49(7)19-15-20-50(71)8)63-38-36-62-66(46(3)4)44-70(64-37-35-61(65)73(63)74(62)64)76(60-30-18-28-56(40-60)54-25-13-14-26-54)68-42-58(34-32-48(68)6)72-51(9)21-16-22-52(72)10/h15-22,27-46,53-54H,11-14,23-26H2,1-10H3. The molecule has 10 aromatic rings. The second kappa shape index (κ2) is 20.1. The Morgan fingerprint density at radius 3 is 1.07 bits per heavy atom. The predicted molar refractivity (Wildman–Crippen MR) is 329 cm³/mol. The molecule has 0 bridgehead atoms. The molecule has 10 aromatic carbocycles. The van der Waals surface area contributed by atoms with Gasteiger partial charge in [-0.1, -0.05) is 163 Å². The number of rotatable bonds is 12. The summed E-state index contributed by atoms with van der Waals surface area (Å²) < 4.78 is 0. The summed E-state index contributed by atoms with van der Waals surface area (Å²) in [5.41, 5.74) is 26.0. The maximum atomic E-state index is 2.65. The molecule has 0 saturated heterocycles. The molecule has 382 valence electrons. The summed E-state index contributed by atoms with van der Waals surface area (Å²) in [6.45, 7) is 23.2. The normalized spacial score (nSPS) is 14.4. The van der Waals surface area contributed by atoms with Crippen LogP contribution < -0.4 is 9.80 Å². The van der Waals surface area contributed by atoms with E-state index in [1.54, 1.807) is 0 Å². The van der Waals surface area contributed by atoms with Crippen LogP contribution in [0.3, 0.4) is 0 Å². The number of hydrogen-bond donors (Lipinski definition) is 0. The van der Waals surface area contributed by atoms with E-state index in [0.29, 0.717) is 11.8 Å². The van der Waals surface area contributed by atoms with Crippen molar-refractivity contribution >= 4 is 66.4 Å². The van der Waals surface area contributed by atoms with E-state index in [1.807, 2.05) is 0 Å². The van der Waals surface area contributed by atoms with Crippen molar-refractivity contribution in [1.82, 2.24) is 0 Å². The van der Waals surface area contributed by atoms with Crippen LogP contribution >= 0.6 is 0 Å². The first-order chi connectivity index (χ1) is 36.8. The maximum Gasteiger partial charge on any atom is 0.0543 e. The molecule has 2 aliphatic rings. The smallest absolute Gasteiger partial charge is 0.0543 e. The number of benzene rings is 10. The molecule has 0 aliphatic heterocycles. The molecule has 2 aliphatic carbocycles. The number of hydrogen-bond acceptors (Lipinski definition) is 2. The first kappa shape index (κ1) is 49.7. The summed E-state index contributed by atoms with van der Waals surface area (Å²) in [5.74, 6) is 1.75. The van der Waals surface area contributed by atoms with Crippen molar-refractivity contribution in [2.24, 2.45) is 0 Å². The first-order valence-electron chi connectivity index (χ1n) is 28.8. The van der Waals surface area contributed by atoms with Crippen LogP contribution in [0.15, 0.2) is 158 Å². The van der Waals surface area contributed by atoms with Crippen LogP contribution in [0.1, 0.15) is 158 Å². The number of anilines is 6. The Kier molecular flexibility index (Phi) is 13.1. The lowest BCUT2D eigenvalue weighted by Crippen LogP contribution is -2.15. The molecule has 0 N–H and O–H groups in total. The SMILES string of the molecule is Cc1ccc(-c2c(C)cccc2C)cc1N(c1cccc(C2CCCC2)c1)c1cc(C(C)C)c2ccc3c(N(c4cccc(C5CCCC5)c4)c4cc(-c5c(C)cccc5C)ccc4C)cc(C(C)C)c4ccc1c2c43. The van der Waals surface area contributed by atoms with Crippen molar-refractivity contribution < 1.29 is 0 Å². The van der Waals surface area contributed by atoms with E-state index in [0.717, 1.165) is 0 Å². The fourth-order valence-electron chi connectivity index (χ4n) is 14.1. The minimum Gasteiger partial charge on any atom is -0.310 e. The molecule has 0 unspecified atom stereocenters. The van der Waals surface area contributed by atoms with Gasteiger partial charge in [-0.15, -0.1) is 0 Å². The molecule has 0 atom stereocenters. The maximum absolute atomic E-state index is 2.65. The molecule has 0 radical (unpaired) electrons. The number of nitrogens with zero attached hydrogens (tertiary/aromatic N) is 2. The molecule has 0 aromatic heterocycles. The fourth-order valence-corrected chi connectivity index (χ4v) is 14.1. The van der Waals surface area contributed by atoms with Gasteiger partial charge in [-0.25, -0.2) is 0 Å². The molecule has 2 heteroatoms. The van der Waals surface area contributed by atoms with Crippen molar-refractivity contribution in [1.29, 1.82) is 0 Å². The fraction of sp³-hybridized carbons (Fsp3) is 0.297. The predicted octanol–water partition coefficient (Wildman–Crippen LogP) is 22.3. The van der Waals surface area contributed by atoms with Crippen LogP contribution in [0.2, 0.25) is 0 Å². The second-order valence-electron chi connectivity index (χ2n) is 23.7. The van der Waals surface area contributed by atoms with E-state index < -0.39 is 0 Å². The van der Waals surface area contributed by atoms with Crippen LogP contribution in [0.4, 0.5) is 34.1 Å². The van der Waals surface area contributed by atoms with Gasteiger partial charge in [-0.3, -0.25) is 0 Å². The third-order valence-corrected chi connectivity index (χ3v) is 18.0. The Hall–Kier alpha value is -7.16. The Labute approximate surface area is 453 Å². The molecule has 2 saturated carbocycles. The summed E-state index contributed by atoms with van der Waals surface area (Å²) >= 11 is 0. The Morgan fingerprint density at radius 1 is 0.342 bits per heavy atom. The highest BCUT2D eigenvalue weighted by molar-refractivity contribution is 6.29. The topological polar surface area (TPSA) is 6.48 Å². The molecule has 76 heavy (non-hydrogen) atoms. The van der Waals surface area contributed by atoms with Crippen molar-refractivity contribution in [3.05, 3.63) is 213 Å². The average molecular weight is 993 g/mol. The van der Waals surface area contributed by atoms with Gasteiger partial charge in [-0.05, 0) is 239 Å². The highest BCUT2D eigenvalue weighted by Gasteiger charge is 2.29. The van der Waals surface area contributed by atoms with Crippen LogP contribution in [0.5, 0.6) is 0 Å².